The van der Waals surface area contributed by atoms with Crippen LogP contribution < -0.4 is 10.1 Å². The van der Waals surface area contributed by atoms with Crippen molar-refractivity contribution in [2.24, 2.45) is 13.0 Å². The zero-order chi connectivity index (χ0) is 16.4. The van der Waals surface area contributed by atoms with Crippen molar-refractivity contribution in [3.05, 3.63) is 47.7 Å². The predicted molar refractivity (Wildman–Crippen MR) is 85.2 cm³/mol. The van der Waals surface area contributed by atoms with Crippen LogP contribution in [-0.2, 0) is 12.6 Å². The summed E-state index contributed by atoms with van der Waals surface area (Å²) in [6.45, 7) is 0.165. The summed E-state index contributed by atoms with van der Waals surface area (Å²) in [7, 11) is 3.20. The van der Waals surface area contributed by atoms with Crippen LogP contribution >= 0.6 is 0 Å². The number of rotatable bonds is 6. The van der Waals surface area contributed by atoms with E-state index in [1.54, 1.807) is 13.2 Å². The minimum atomic E-state index is -1.04. The first-order valence-corrected chi connectivity index (χ1v) is 7.68. The highest BCUT2D eigenvalue weighted by atomic mass is 16.5. The number of hydrogen-bond acceptors (Lipinski definition) is 4. The van der Waals surface area contributed by atoms with Gasteiger partial charge in [0.1, 0.15) is 11.2 Å². The van der Waals surface area contributed by atoms with Crippen molar-refractivity contribution in [3.63, 3.8) is 0 Å². The number of benzene rings is 1. The fourth-order valence-corrected chi connectivity index (χ4v) is 2.85. The van der Waals surface area contributed by atoms with E-state index in [2.05, 4.69) is 10.4 Å². The third kappa shape index (κ3) is 3.07. The molecule has 1 amide bonds. The Hall–Kier alpha value is -2.34. The first-order valence-electron chi connectivity index (χ1n) is 7.68. The maximum atomic E-state index is 12.4. The third-order valence-electron chi connectivity index (χ3n) is 4.28. The van der Waals surface area contributed by atoms with E-state index < -0.39 is 5.60 Å². The lowest BCUT2D eigenvalue weighted by Gasteiger charge is -2.29. The Morgan fingerprint density at radius 2 is 2.13 bits per heavy atom. The van der Waals surface area contributed by atoms with Crippen LogP contribution in [0.15, 0.2) is 36.5 Å². The van der Waals surface area contributed by atoms with Gasteiger partial charge < -0.3 is 15.2 Å². The molecule has 2 aromatic rings. The molecule has 23 heavy (non-hydrogen) atoms. The van der Waals surface area contributed by atoms with Crippen molar-refractivity contribution < 1.29 is 14.6 Å². The molecule has 1 fully saturated rings. The Labute approximate surface area is 135 Å². The molecule has 1 aromatic heterocycles. The third-order valence-corrected chi connectivity index (χ3v) is 4.28. The van der Waals surface area contributed by atoms with Gasteiger partial charge in [-0.15, -0.1) is 5.10 Å². The average molecular weight is 315 g/mol. The van der Waals surface area contributed by atoms with Gasteiger partial charge in [0, 0.05) is 13.2 Å². The number of hydrogen-bond donors (Lipinski definition) is 2. The van der Waals surface area contributed by atoms with E-state index >= 15 is 0 Å². The molecule has 0 spiro atoms. The molecule has 0 aliphatic heterocycles. The highest BCUT2D eigenvalue weighted by molar-refractivity contribution is 5.96. The number of methoxy groups -OCH3 is 1. The van der Waals surface area contributed by atoms with Gasteiger partial charge in [0.05, 0.1) is 13.7 Å². The number of carbonyl (C=O) groups is 1. The van der Waals surface area contributed by atoms with Crippen molar-refractivity contribution >= 4 is 5.91 Å². The summed E-state index contributed by atoms with van der Waals surface area (Å²) in [5, 5.41) is 18.0. The lowest BCUT2D eigenvalue weighted by atomic mass is 9.88. The van der Waals surface area contributed by atoms with Crippen molar-refractivity contribution in [1.82, 2.24) is 15.1 Å². The number of aromatic nitrogens is 2. The molecule has 1 saturated carbocycles. The molecule has 0 saturated heterocycles. The molecule has 3 rings (SSSR count). The Balaban J connectivity index is 1.76. The fraction of sp³-hybridized carbons (Fsp3) is 0.412. The molecule has 0 unspecified atom stereocenters. The maximum absolute atomic E-state index is 12.4. The van der Waals surface area contributed by atoms with Crippen molar-refractivity contribution in [2.75, 3.05) is 13.7 Å². The Morgan fingerprint density at radius 3 is 2.74 bits per heavy atom. The average Bonchev–Trinajstić information content (AvgIpc) is 3.36. The van der Waals surface area contributed by atoms with Crippen LogP contribution in [0.4, 0.5) is 0 Å². The van der Waals surface area contributed by atoms with Gasteiger partial charge in [-0.1, -0.05) is 30.3 Å². The summed E-state index contributed by atoms with van der Waals surface area (Å²) < 4.78 is 6.63. The predicted octanol–water partition coefficient (Wildman–Crippen LogP) is 1.46. The number of ether oxygens (including phenoxy) is 1. The summed E-state index contributed by atoms with van der Waals surface area (Å²) in [6.07, 6.45) is 3.54. The normalized spacial score (nSPS) is 16.7. The van der Waals surface area contributed by atoms with Gasteiger partial charge in [0.15, 0.2) is 0 Å². The van der Waals surface area contributed by atoms with E-state index in [0.717, 1.165) is 18.4 Å². The molecule has 1 heterocycles. The molecule has 1 aliphatic rings. The number of aliphatic hydroxyl groups is 1. The fourth-order valence-electron chi connectivity index (χ4n) is 2.85. The largest absolute Gasteiger partial charge is 0.479 e. The zero-order valence-electron chi connectivity index (χ0n) is 13.3. The second-order valence-electron chi connectivity index (χ2n) is 5.97. The first kappa shape index (κ1) is 15.6. The van der Waals surface area contributed by atoms with Gasteiger partial charge in [0.2, 0.25) is 5.88 Å². The van der Waals surface area contributed by atoms with Crippen molar-refractivity contribution in [2.45, 2.75) is 18.4 Å². The summed E-state index contributed by atoms with van der Waals surface area (Å²) in [6, 6.07) is 9.50. The molecule has 1 aromatic carbocycles. The topological polar surface area (TPSA) is 76.4 Å². The molecular formula is C17H21N3O3. The molecular weight excluding hydrogens is 294 g/mol. The minimum Gasteiger partial charge on any atom is -0.479 e. The molecule has 1 aliphatic carbocycles. The molecule has 122 valence electrons. The van der Waals surface area contributed by atoms with E-state index in [4.69, 9.17) is 4.74 Å². The van der Waals surface area contributed by atoms with Crippen molar-refractivity contribution in [1.29, 1.82) is 0 Å². The lowest BCUT2D eigenvalue weighted by Crippen LogP contribution is -2.42. The van der Waals surface area contributed by atoms with Crippen molar-refractivity contribution in [3.8, 4) is 5.88 Å². The van der Waals surface area contributed by atoms with E-state index in [1.165, 1.54) is 11.8 Å². The smallest absolute Gasteiger partial charge is 0.258 e. The second kappa shape index (κ2) is 6.04. The second-order valence-corrected chi connectivity index (χ2v) is 5.97. The maximum Gasteiger partial charge on any atom is 0.258 e. The van der Waals surface area contributed by atoms with Crippen LogP contribution in [0.2, 0.25) is 0 Å². The van der Waals surface area contributed by atoms with Gasteiger partial charge in [-0.2, -0.15) is 0 Å². The molecule has 0 bridgehead atoms. The van der Waals surface area contributed by atoms with Crippen LogP contribution in [0.3, 0.4) is 0 Å². The Bertz CT molecular complexity index is 694. The van der Waals surface area contributed by atoms with E-state index in [9.17, 15) is 9.90 Å². The van der Waals surface area contributed by atoms with E-state index in [1.807, 2.05) is 30.3 Å². The lowest BCUT2D eigenvalue weighted by molar-refractivity contribution is 0.0135. The summed E-state index contributed by atoms with van der Waals surface area (Å²) >= 11 is 0. The summed E-state index contributed by atoms with van der Waals surface area (Å²) in [5.74, 6) is 0.158. The molecule has 6 heteroatoms. The number of nitrogens with one attached hydrogen (secondary N) is 1. The monoisotopic (exact) mass is 315 g/mol. The zero-order valence-corrected chi connectivity index (χ0v) is 13.3. The molecule has 6 nitrogen and oxygen atoms in total. The Kier molecular flexibility index (Phi) is 4.09. The standard InChI is InChI=1S/C17H21N3O3/c1-20-10-14(16(19-20)23-2)15(21)18-11-17(22,13-8-9-13)12-6-4-3-5-7-12/h3-7,10,13,22H,8-9,11H2,1-2H3,(H,18,21)/t17-/m1/s1. The van der Waals surface area contributed by atoms with Gasteiger partial charge in [-0.05, 0) is 24.3 Å². The number of amides is 1. The van der Waals surface area contributed by atoms with Crippen LogP contribution in [0.1, 0.15) is 28.8 Å². The van der Waals surface area contributed by atoms with Gasteiger partial charge in [0.25, 0.3) is 5.91 Å². The molecule has 1 atom stereocenters. The molecule has 2 N–H and O–H groups in total. The van der Waals surface area contributed by atoms with Crippen LogP contribution in [0.25, 0.3) is 0 Å². The van der Waals surface area contributed by atoms with Gasteiger partial charge >= 0.3 is 0 Å². The number of carbonyl (C=O) groups excluding carboxylic acids is 1. The summed E-state index contributed by atoms with van der Waals surface area (Å²) in [4.78, 5) is 12.4. The van der Waals surface area contributed by atoms with E-state index in [-0.39, 0.29) is 24.2 Å². The Morgan fingerprint density at radius 1 is 1.43 bits per heavy atom. The van der Waals surface area contributed by atoms with Gasteiger partial charge in [-0.3, -0.25) is 9.48 Å². The van der Waals surface area contributed by atoms with Gasteiger partial charge in [-0.25, -0.2) is 0 Å². The SMILES string of the molecule is COc1nn(C)cc1C(=O)NC[C@@](O)(c1ccccc1)C1CC1. The quantitative estimate of drug-likeness (QED) is 0.846. The number of aryl methyl sites for hydroxylation is 1. The molecule has 0 radical (unpaired) electrons. The highest BCUT2D eigenvalue weighted by Gasteiger charge is 2.45. The minimum absolute atomic E-state index is 0.165. The number of nitrogens with zero attached hydrogens (tertiary/aromatic N) is 2. The first-order chi connectivity index (χ1) is 11.0. The van der Waals surface area contributed by atoms with Crippen LogP contribution in [0.5, 0.6) is 5.88 Å². The van der Waals surface area contributed by atoms with Crippen LogP contribution in [0, 0.1) is 5.92 Å². The van der Waals surface area contributed by atoms with Crippen LogP contribution in [-0.4, -0.2) is 34.4 Å². The highest BCUT2D eigenvalue weighted by Crippen LogP contribution is 2.45. The summed E-state index contributed by atoms with van der Waals surface area (Å²) in [5.41, 5.74) is 0.161. The van der Waals surface area contributed by atoms with E-state index in [0.29, 0.717) is 5.56 Å².